The summed E-state index contributed by atoms with van der Waals surface area (Å²) in [4.78, 5) is 16.4. The average Bonchev–Trinajstić information content (AvgIpc) is 2.60. The van der Waals surface area contributed by atoms with E-state index in [0.29, 0.717) is 18.7 Å². The van der Waals surface area contributed by atoms with Gasteiger partial charge >= 0.3 is 0 Å². The Bertz CT molecular complexity index is 427. The van der Waals surface area contributed by atoms with Gasteiger partial charge in [0.15, 0.2) is 11.6 Å². The molecule has 86 valence electrons. The molecule has 1 amide bonds. The van der Waals surface area contributed by atoms with E-state index in [2.05, 4.69) is 17.6 Å². The Kier molecular flexibility index (Phi) is 3.09. The molecular formula is C10H10F2N2OS. The lowest BCUT2D eigenvalue weighted by Gasteiger charge is -2.15. The number of hydrogen-bond donors (Lipinski definition) is 1. The number of carbonyl (C=O) groups excluding carboxylic acids is 1. The van der Waals surface area contributed by atoms with Crippen molar-refractivity contribution in [2.45, 2.75) is 6.42 Å². The van der Waals surface area contributed by atoms with Crippen molar-refractivity contribution in [2.24, 2.45) is 5.92 Å². The SMILES string of the molecule is O=C1CC(CS)CN1c1ncc(F)cc1F. The minimum Gasteiger partial charge on any atom is -0.294 e. The summed E-state index contributed by atoms with van der Waals surface area (Å²) in [6, 6.07) is 0.726. The Hall–Kier alpha value is -1.17. The first-order valence-corrected chi connectivity index (χ1v) is 5.47. The molecule has 0 spiro atoms. The lowest BCUT2D eigenvalue weighted by molar-refractivity contribution is -0.117. The maximum absolute atomic E-state index is 13.4. The van der Waals surface area contributed by atoms with Gasteiger partial charge in [0.1, 0.15) is 5.82 Å². The number of hydrogen-bond acceptors (Lipinski definition) is 3. The fraction of sp³-hybridized carbons (Fsp3) is 0.400. The van der Waals surface area contributed by atoms with Gasteiger partial charge in [0.2, 0.25) is 5.91 Å². The third kappa shape index (κ3) is 2.02. The van der Waals surface area contributed by atoms with Crippen LogP contribution in [0.3, 0.4) is 0 Å². The number of rotatable bonds is 2. The molecule has 0 bridgehead atoms. The molecular weight excluding hydrogens is 234 g/mol. The van der Waals surface area contributed by atoms with Crippen LogP contribution in [0.2, 0.25) is 0 Å². The van der Waals surface area contributed by atoms with Gasteiger partial charge in [-0.1, -0.05) is 0 Å². The summed E-state index contributed by atoms with van der Waals surface area (Å²) in [6.45, 7) is 0.387. The second-order valence-electron chi connectivity index (χ2n) is 3.72. The molecule has 2 rings (SSSR count). The summed E-state index contributed by atoms with van der Waals surface area (Å²) in [5.41, 5.74) is 0. The molecule has 0 aliphatic carbocycles. The minimum atomic E-state index is -0.812. The molecule has 1 fully saturated rings. The van der Waals surface area contributed by atoms with Crippen molar-refractivity contribution in [1.82, 2.24) is 4.98 Å². The quantitative estimate of drug-likeness (QED) is 0.802. The molecule has 3 nitrogen and oxygen atoms in total. The predicted octanol–water partition coefficient (Wildman–Crippen LogP) is 1.64. The zero-order valence-corrected chi connectivity index (χ0v) is 9.25. The molecule has 0 saturated carbocycles. The highest BCUT2D eigenvalue weighted by molar-refractivity contribution is 7.80. The fourth-order valence-electron chi connectivity index (χ4n) is 1.71. The van der Waals surface area contributed by atoms with Crippen molar-refractivity contribution < 1.29 is 13.6 Å². The number of pyridine rings is 1. The highest BCUT2D eigenvalue weighted by Crippen LogP contribution is 2.26. The van der Waals surface area contributed by atoms with Gasteiger partial charge in [-0.2, -0.15) is 12.6 Å². The molecule has 6 heteroatoms. The second kappa shape index (κ2) is 4.37. The molecule has 1 aliphatic rings. The fourth-order valence-corrected chi connectivity index (χ4v) is 1.96. The van der Waals surface area contributed by atoms with E-state index >= 15 is 0 Å². The van der Waals surface area contributed by atoms with Crippen LogP contribution in [0.5, 0.6) is 0 Å². The molecule has 1 atom stereocenters. The van der Waals surface area contributed by atoms with Gasteiger partial charge in [-0.25, -0.2) is 13.8 Å². The van der Waals surface area contributed by atoms with Crippen molar-refractivity contribution >= 4 is 24.4 Å². The molecule has 1 aromatic rings. The summed E-state index contributed by atoms with van der Waals surface area (Å²) in [6.07, 6.45) is 1.24. The Morgan fingerprint density at radius 2 is 2.31 bits per heavy atom. The van der Waals surface area contributed by atoms with Crippen LogP contribution in [0.25, 0.3) is 0 Å². The normalized spacial score (nSPS) is 20.6. The molecule has 1 aromatic heterocycles. The van der Waals surface area contributed by atoms with Crippen molar-refractivity contribution in [3.8, 4) is 0 Å². The second-order valence-corrected chi connectivity index (χ2v) is 4.08. The van der Waals surface area contributed by atoms with Crippen LogP contribution in [0, 0.1) is 17.6 Å². The zero-order valence-electron chi connectivity index (χ0n) is 8.36. The first-order valence-electron chi connectivity index (χ1n) is 4.84. The van der Waals surface area contributed by atoms with E-state index in [1.807, 2.05) is 0 Å². The van der Waals surface area contributed by atoms with E-state index in [9.17, 15) is 13.6 Å². The maximum atomic E-state index is 13.4. The van der Waals surface area contributed by atoms with E-state index in [4.69, 9.17) is 0 Å². The van der Waals surface area contributed by atoms with Gasteiger partial charge < -0.3 is 0 Å². The van der Waals surface area contributed by atoms with Gasteiger partial charge in [0, 0.05) is 19.0 Å². The summed E-state index contributed by atoms with van der Waals surface area (Å²) in [5, 5.41) is 0. The predicted molar refractivity (Wildman–Crippen MR) is 58.5 cm³/mol. The van der Waals surface area contributed by atoms with Crippen molar-refractivity contribution in [3.05, 3.63) is 23.9 Å². The van der Waals surface area contributed by atoms with Crippen LogP contribution in [0.4, 0.5) is 14.6 Å². The van der Waals surface area contributed by atoms with Crippen molar-refractivity contribution in [3.63, 3.8) is 0 Å². The van der Waals surface area contributed by atoms with E-state index < -0.39 is 11.6 Å². The van der Waals surface area contributed by atoms with E-state index in [1.54, 1.807) is 0 Å². The van der Waals surface area contributed by atoms with Crippen LogP contribution < -0.4 is 4.90 Å². The number of anilines is 1. The van der Waals surface area contributed by atoms with Crippen LogP contribution >= 0.6 is 12.6 Å². The molecule has 1 unspecified atom stereocenters. The summed E-state index contributed by atoms with van der Waals surface area (Å²) < 4.78 is 26.0. The Morgan fingerprint density at radius 1 is 1.56 bits per heavy atom. The molecule has 0 aromatic carbocycles. The summed E-state index contributed by atoms with van der Waals surface area (Å²) in [7, 11) is 0. The van der Waals surface area contributed by atoms with Crippen LogP contribution in [-0.4, -0.2) is 23.2 Å². The van der Waals surface area contributed by atoms with Gasteiger partial charge in [-0.05, 0) is 11.7 Å². The number of nitrogens with zero attached hydrogens (tertiary/aromatic N) is 2. The average molecular weight is 244 g/mol. The van der Waals surface area contributed by atoms with E-state index in [-0.39, 0.29) is 17.6 Å². The Balaban J connectivity index is 2.28. The highest BCUT2D eigenvalue weighted by Gasteiger charge is 2.32. The first kappa shape index (κ1) is 11.3. The third-order valence-electron chi connectivity index (χ3n) is 2.51. The van der Waals surface area contributed by atoms with Gasteiger partial charge in [0.05, 0.1) is 6.20 Å². The lowest BCUT2D eigenvalue weighted by atomic mass is 10.1. The first-order chi connectivity index (χ1) is 7.61. The van der Waals surface area contributed by atoms with Gasteiger partial charge in [-0.15, -0.1) is 0 Å². The number of amides is 1. The lowest BCUT2D eigenvalue weighted by Crippen LogP contribution is -2.26. The zero-order chi connectivity index (χ0) is 11.7. The minimum absolute atomic E-state index is 0.0992. The number of halogens is 2. The van der Waals surface area contributed by atoms with Gasteiger partial charge in [0.25, 0.3) is 0 Å². The molecule has 1 aliphatic heterocycles. The standard InChI is InChI=1S/C10H10F2N2OS/c11-7-2-8(12)10(13-3-7)14-4-6(5-16)1-9(14)15/h2-3,6,16H,1,4-5H2. The van der Waals surface area contributed by atoms with E-state index in [1.165, 1.54) is 4.90 Å². The monoisotopic (exact) mass is 244 g/mol. The largest absolute Gasteiger partial charge is 0.294 e. The highest BCUT2D eigenvalue weighted by atomic mass is 32.1. The molecule has 16 heavy (non-hydrogen) atoms. The number of carbonyl (C=O) groups is 1. The molecule has 1 saturated heterocycles. The van der Waals surface area contributed by atoms with Crippen LogP contribution in [0.1, 0.15) is 6.42 Å². The Labute approximate surface area is 96.9 Å². The van der Waals surface area contributed by atoms with Crippen molar-refractivity contribution in [1.29, 1.82) is 0 Å². The smallest absolute Gasteiger partial charge is 0.228 e. The van der Waals surface area contributed by atoms with Gasteiger partial charge in [-0.3, -0.25) is 9.69 Å². The molecule has 0 radical (unpaired) electrons. The van der Waals surface area contributed by atoms with E-state index in [0.717, 1.165) is 12.3 Å². The van der Waals surface area contributed by atoms with Crippen LogP contribution in [0.15, 0.2) is 12.3 Å². The topological polar surface area (TPSA) is 33.2 Å². The molecule has 0 N–H and O–H groups in total. The maximum Gasteiger partial charge on any atom is 0.228 e. The molecule has 2 heterocycles. The van der Waals surface area contributed by atoms with Crippen molar-refractivity contribution in [2.75, 3.05) is 17.2 Å². The summed E-state index contributed by atoms with van der Waals surface area (Å²) >= 11 is 4.10. The number of thiol groups is 1. The Morgan fingerprint density at radius 3 is 2.88 bits per heavy atom. The summed E-state index contributed by atoms with van der Waals surface area (Å²) in [5.74, 6) is -1.20. The third-order valence-corrected chi connectivity index (χ3v) is 3.02. The van der Waals surface area contributed by atoms with Crippen LogP contribution in [-0.2, 0) is 4.79 Å². The number of aromatic nitrogens is 1.